The van der Waals surface area contributed by atoms with E-state index < -0.39 is 60.2 Å². The van der Waals surface area contributed by atoms with Crippen LogP contribution in [0, 0.1) is 0 Å². The third kappa shape index (κ3) is 6.63. The molecule has 45 heavy (non-hydrogen) atoms. The first-order chi connectivity index (χ1) is 21.4. The smallest absolute Gasteiger partial charge is 0.330 e. The Morgan fingerprint density at radius 2 is 1.62 bits per heavy atom. The van der Waals surface area contributed by atoms with Crippen molar-refractivity contribution in [2.75, 3.05) is 13.7 Å². The molecule has 1 aromatic heterocycles. The first-order valence-corrected chi connectivity index (χ1v) is 13.4. The zero-order chi connectivity index (χ0) is 32.4. The number of aliphatic hydroxyl groups excluding tert-OH is 3. The number of carbonyl (C=O) groups excluding carboxylic acids is 1. The van der Waals surface area contributed by atoms with E-state index in [1.54, 1.807) is 0 Å². The number of ether oxygens (including phenoxy) is 4. The van der Waals surface area contributed by atoms with Crippen LogP contribution in [0.2, 0.25) is 0 Å². The lowest BCUT2D eigenvalue weighted by Gasteiger charge is -2.39. The molecule has 1 aliphatic heterocycles. The van der Waals surface area contributed by atoms with Crippen LogP contribution in [0.1, 0.15) is 5.56 Å². The van der Waals surface area contributed by atoms with Gasteiger partial charge in [0.25, 0.3) is 0 Å². The topological polar surface area (TPSA) is 226 Å². The summed E-state index contributed by atoms with van der Waals surface area (Å²) in [5.41, 5.74) is -0.0102. The molecular weight excluding hydrogens is 596 g/mol. The lowest BCUT2D eigenvalue weighted by Crippen LogP contribution is -2.60. The minimum atomic E-state index is -1.78. The average molecular weight is 625 g/mol. The molecule has 236 valence electrons. The summed E-state index contributed by atoms with van der Waals surface area (Å²) in [5.74, 6) is -2.25. The fourth-order valence-corrected chi connectivity index (χ4v) is 4.59. The lowest BCUT2D eigenvalue weighted by atomic mass is 9.99. The molecule has 0 unspecified atom stereocenters. The standard InChI is InChI=1S/C31H28O14/c1-41-23-8-14(2-5-18(23)33)3-7-26(37)42-13-25-28(38)29(39)30(40)31(45-25)43-16-10-20(35)27-21(36)12-22(44-24(27)11-16)15-4-6-17(32)19(34)9-15/h2-12,25,28-35,38-40H,13H2,1H3/t25-,28-,29-,30-,31-/m0/s1. The predicted molar refractivity (Wildman–Crippen MR) is 155 cm³/mol. The van der Waals surface area contributed by atoms with Gasteiger partial charge in [0.15, 0.2) is 28.4 Å². The zero-order valence-electron chi connectivity index (χ0n) is 23.4. The maximum atomic E-state index is 12.8. The van der Waals surface area contributed by atoms with Gasteiger partial charge in [-0.3, -0.25) is 4.79 Å². The number of rotatable bonds is 8. The average Bonchev–Trinajstić information content (AvgIpc) is 3.01. The van der Waals surface area contributed by atoms with E-state index in [9.17, 15) is 45.3 Å². The van der Waals surface area contributed by atoms with Gasteiger partial charge >= 0.3 is 5.97 Å². The molecule has 14 heteroatoms. The third-order valence-electron chi connectivity index (χ3n) is 6.97. The first-order valence-electron chi connectivity index (χ1n) is 13.4. The Morgan fingerprint density at radius 1 is 0.867 bits per heavy atom. The normalized spacial score (nSPS) is 21.6. The summed E-state index contributed by atoms with van der Waals surface area (Å²) in [6.45, 7) is -0.548. The Bertz CT molecular complexity index is 1810. The van der Waals surface area contributed by atoms with Gasteiger partial charge in [-0.05, 0) is 42.0 Å². The van der Waals surface area contributed by atoms with E-state index >= 15 is 0 Å². The van der Waals surface area contributed by atoms with Gasteiger partial charge in [-0.25, -0.2) is 4.79 Å². The fraction of sp³-hybridized carbons (Fsp3) is 0.226. The van der Waals surface area contributed by atoms with Crippen molar-refractivity contribution >= 4 is 23.0 Å². The number of esters is 1. The van der Waals surface area contributed by atoms with Gasteiger partial charge in [-0.2, -0.15) is 0 Å². The number of aliphatic hydroxyl groups is 3. The van der Waals surface area contributed by atoms with Crippen molar-refractivity contribution in [3.63, 3.8) is 0 Å². The van der Waals surface area contributed by atoms with E-state index in [2.05, 4.69) is 0 Å². The Kier molecular flexibility index (Phi) is 8.83. The summed E-state index contributed by atoms with van der Waals surface area (Å²) < 4.78 is 27.1. The number of fused-ring (bicyclic) bond motifs is 1. The highest BCUT2D eigenvalue weighted by Crippen LogP contribution is 2.35. The molecule has 1 aliphatic rings. The molecule has 1 fully saturated rings. The van der Waals surface area contributed by atoms with E-state index in [1.165, 1.54) is 55.7 Å². The van der Waals surface area contributed by atoms with Crippen molar-refractivity contribution in [1.82, 2.24) is 0 Å². The van der Waals surface area contributed by atoms with Gasteiger partial charge in [-0.1, -0.05) is 6.07 Å². The van der Waals surface area contributed by atoms with Crippen molar-refractivity contribution in [2.24, 2.45) is 0 Å². The van der Waals surface area contributed by atoms with Crippen molar-refractivity contribution < 1.29 is 63.9 Å². The van der Waals surface area contributed by atoms with Crippen molar-refractivity contribution in [2.45, 2.75) is 30.7 Å². The van der Waals surface area contributed by atoms with Crippen LogP contribution in [-0.4, -0.2) is 86.1 Å². The Hall–Kier alpha value is -5.28. The third-order valence-corrected chi connectivity index (χ3v) is 6.97. The van der Waals surface area contributed by atoms with Gasteiger partial charge in [0, 0.05) is 29.8 Å². The summed E-state index contributed by atoms with van der Waals surface area (Å²) in [4.78, 5) is 25.1. The molecule has 5 atom stereocenters. The fourth-order valence-electron chi connectivity index (χ4n) is 4.59. The molecule has 0 spiro atoms. The van der Waals surface area contributed by atoms with Crippen molar-refractivity contribution in [1.29, 1.82) is 0 Å². The van der Waals surface area contributed by atoms with E-state index in [1.807, 2.05) is 0 Å². The highest BCUT2D eigenvalue weighted by Gasteiger charge is 2.45. The molecule has 5 rings (SSSR count). The minimum Gasteiger partial charge on any atom is -0.507 e. The minimum absolute atomic E-state index is 0.00711. The van der Waals surface area contributed by atoms with E-state index in [0.29, 0.717) is 5.56 Å². The summed E-state index contributed by atoms with van der Waals surface area (Å²) in [7, 11) is 1.37. The largest absolute Gasteiger partial charge is 0.507 e. The first kappa shape index (κ1) is 31.2. The Labute approximate surface area is 253 Å². The molecule has 7 N–H and O–H groups in total. The molecule has 0 saturated carbocycles. The number of aromatic hydroxyl groups is 4. The number of phenolic OH excluding ortho intramolecular Hbond substituents is 4. The van der Waals surface area contributed by atoms with Crippen LogP contribution in [0.3, 0.4) is 0 Å². The molecule has 0 aliphatic carbocycles. The number of phenols is 4. The van der Waals surface area contributed by atoms with E-state index in [4.69, 9.17) is 23.4 Å². The highest BCUT2D eigenvalue weighted by atomic mass is 16.7. The number of hydrogen-bond donors (Lipinski definition) is 7. The van der Waals surface area contributed by atoms with Gasteiger partial charge < -0.3 is 59.1 Å². The quantitative estimate of drug-likeness (QED) is 0.0842. The highest BCUT2D eigenvalue weighted by molar-refractivity contribution is 5.87. The van der Waals surface area contributed by atoms with E-state index in [-0.39, 0.29) is 45.3 Å². The van der Waals surface area contributed by atoms with Crippen LogP contribution in [0.15, 0.2) is 69.9 Å². The molecule has 2 heterocycles. The summed E-state index contributed by atoms with van der Waals surface area (Å²) in [5, 5.41) is 70.8. The molecule has 0 radical (unpaired) electrons. The maximum absolute atomic E-state index is 12.8. The van der Waals surface area contributed by atoms with Crippen LogP contribution in [0.4, 0.5) is 0 Å². The van der Waals surface area contributed by atoms with Crippen LogP contribution in [-0.2, 0) is 14.3 Å². The number of methoxy groups -OCH3 is 1. The van der Waals surface area contributed by atoms with Crippen molar-refractivity contribution in [3.05, 3.63) is 76.5 Å². The van der Waals surface area contributed by atoms with E-state index in [0.717, 1.165) is 18.2 Å². The summed E-state index contributed by atoms with van der Waals surface area (Å²) >= 11 is 0. The summed E-state index contributed by atoms with van der Waals surface area (Å²) in [6, 6.07) is 11.5. The molecule has 1 saturated heterocycles. The monoisotopic (exact) mass is 624 g/mol. The SMILES string of the molecule is COc1cc(C=CC(=O)OC[C@@H]2O[C@H](Oc3cc(O)c4c(=O)cc(-c5ccc(O)c(O)c5)oc4c3)[C@@H](O)[C@@H](O)[C@H]2O)ccc1O. The molecule has 14 nitrogen and oxygen atoms in total. The number of carbonyl (C=O) groups is 1. The van der Waals surface area contributed by atoms with Crippen LogP contribution in [0.25, 0.3) is 28.4 Å². The maximum Gasteiger partial charge on any atom is 0.330 e. The zero-order valence-corrected chi connectivity index (χ0v) is 23.4. The summed E-state index contributed by atoms with van der Waals surface area (Å²) in [6.07, 6.45) is -5.74. The van der Waals surface area contributed by atoms with Crippen LogP contribution >= 0.6 is 0 Å². The van der Waals surface area contributed by atoms with Gasteiger partial charge in [0.1, 0.15) is 59.3 Å². The predicted octanol–water partition coefficient (Wildman–Crippen LogP) is 1.73. The lowest BCUT2D eigenvalue weighted by molar-refractivity contribution is -0.278. The van der Waals surface area contributed by atoms with Gasteiger partial charge in [0.2, 0.25) is 6.29 Å². The number of hydrogen-bond acceptors (Lipinski definition) is 14. The Balaban J connectivity index is 1.31. The molecular formula is C31H28O14. The van der Waals surface area contributed by atoms with Crippen LogP contribution in [0.5, 0.6) is 34.5 Å². The number of benzene rings is 3. The molecule has 4 aromatic rings. The van der Waals surface area contributed by atoms with Gasteiger partial charge in [-0.15, -0.1) is 0 Å². The van der Waals surface area contributed by atoms with Gasteiger partial charge in [0.05, 0.1) is 7.11 Å². The van der Waals surface area contributed by atoms with Crippen LogP contribution < -0.4 is 14.9 Å². The second-order valence-electron chi connectivity index (χ2n) is 10.0. The molecule has 3 aromatic carbocycles. The Morgan fingerprint density at radius 3 is 2.36 bits per heavy atom. The molecule has 0 amide bonds. The molecule has 0 bridgehead atoms. The second kappa shape index (κ2) is 12.8. The second-order valence-corrected chi connectivity index (χ2v) is 10.0. The van der Waals surface area contributed by atoms with Crippen molar-refractivity contribution in [3.8, 4) is 45.8 Å².